The van der Waals surface area contributed by atoms with E-state index in [2.05, 4.69) is 0 Å². The zero-order chi connectivity index (χ0) is 6.08. The molecule has 0 spiro atoms. The molecule has 0 aromatic rings. The summed E-state index contributed by atoms with van der Waals surface area (Å²) in [5.74, 6) is 0. The molecule has 0 bridgehead atoms. The maximum Gasteiger partial charge on any atom is 0.570 e. The molecule has 0 saturated carbocycles. The molecule has 0 N–H and O–H groups in total. The number of hydrogen-bond donors (Lipinski definition) is 0. The van der Waals surface area contributed by atoms with Gasteiger partial charge in [-0.15, -0.1) is 8.78 Å². The van der Waals surface area contributed by atoms with Crippen molar-refractivity contribution in [3.8, 4) is 0 Å². The third kappa shape index (κ3) is 2.44. The Hall–Kier alpha value is -0.260. The lowest BCUT2D eigenvalue weighted by Gasteiger charge is -1.92. The zero-order valence-corrected chi connectivity index (χ0v) is 4.48. The molecule has 6 heteroatoms. The first-order chi connectivity index (χ1) is 2.94. The Morgan fingerprint density at radius 1 is 1.71 bits per heavy atom. The molecule has 0 unspecified atom stereocenters. The van der Waals surface area contributed by atoms with Crippen molar-refractivity contribution < 1.29 is 13.7 Å². The zero-order valence-electron chi connectivity index (χ0n) is 2.90. The number of hydrogen-bond acceptors (Lipinski definition) is 2. The second kappa shape index (κ2) is 1.69. The first-order valence-corrected chi connectivity index (χ1v) is 1.95. The van der Waals surface area contributed by atoms with Crippen molar-refractivity contribution in [3.63, 3.8) is 0 Å². The number of rotatable bonds is 1. The quantitative estimate of drug-likeness (QED) is 0.260. The van der Waals surface area contributed by atoms with Crippen LogP contribution >= 0.6 is 15.9 Å². The van der Waals surface area contributed by atoms with Gasteiger partial charge in [0.05, 0.1) is 15.9 Å². The van der Waals surface area contributed by atoms with Crippen LogP contribution in [-0.4, -0.2) is 9.88 Å². The van der Waals surface area contributed by atoms with Gasteiger partial charge < -0.3 is 0 Å². The summed E-state index contributed by atoms with van der Waals surface area (Å²) in [4.78, 5) is 3.34. The van der Waals surface area contributed by atoms with Gasteiger partial charge in [0.2, 0.25) is 0 Å². The smallest absolute Gasteiger partial charge is 0.258 e. The molecular weight excluding hydrogens is 176 g/mol. The van der Waals surface area contributed by atoms with Crippen LogP contribution in [0.2, 0.25) is 0 Å². The van der Waals surface area contributed by atoms with Crippen LogP contribution in [0.15, 0.2) is 0 Å². The summed E-state index contributed by atoms with van der Waals surface area (Å²) in [6.07, 6.45) is 0. The predicted octanol–water partition coefficient (Wildman–Crippen LogP) is 1.21. The van der Waals surface area contributed by atoms with Gasteiger partial charge in [-0.25, -0.2) is 0 Å². The van der Waals surface area contributed by atoms with Gasteiger partial charge in [-0.05, 0) is 0 Å². The normalized spacial score (nSPS) is 11.3. The average molecular weight is 176 g/mol. The standard InChI is InChI=1S/CBrF2NO2/c2-1(3,4)5(6)7. The second-order valence-electron chi connectivity index (χ2n) is 0.725. The molecule has 0 aliphatic heterocycles. The highest BCUT2D eigenvalue weighted by Gasteiger charge is 2.39. The Morgan fingerprint density at radius 3 is 1.86 bits per heavy atom. The highest BCUT2D eigenvalue weighted by atomic mass is 79.9. The van der Waals surface area contributed by atoms with Crippen LogP contribution in [-0.2, 0) is 0 Å². The van der Waals surface area contributed by atoms with Crippen LogP contribution in [0, 0.1) is 10.1 Å². The maximum atomic E-state index is 11.1. The van der Waals surface area contributed by atoms with Crippen LogP contribution in [0.4, 0.5) is 8.78 Å². The summed E-state index contributed by atoms with van der Waals surface area (Å²) in [6.45, 7) is 0. The molecular formula is CBrF2NO2. The van der Waals surface area contributed by atoms with Crippen LogP contribution in [0.25, 0.3) is 0 Å². The molecule has 0 aliphatic carbocycles. The molecule has 0 aromatic heterocycles. The van der Waals surface area contributed by atoms with E-state index in [9.17, 15) is 8.78 Å². The minimum Gasteiger partial charge on any atom is -0.258 e. The van der Waals surface area contributed by atoms with E-state index in [-0.39, 0.29) is 0 Å². The minimum atomic E-state index is -3.97. The van der Waals surface area contributed by atoms with Crippen molar-refractivity contribution in [2.45, 2.75) is 4.96 Å². The molecule has 0 aromatic carbocycles. The SMILES string of the molecule is O=[N+]([O-])C(F)(F)Br. The monoisotopic (exact) mass is 175 g/mol. The third-order valence-corrected chi connectivity index (χ3v) is 0.497. The Labute approximate surface area is 45.6 Å². The first kappa shape index (κ1) is 6.74. The molecule has 0 aliphatic rings. The van der Waals surface area contributed by atoms with Gasteiger partial charge in [-0.2, -0.15) is 0 Å². The van der Waals surface area contributed by atoms with Crippen molar-refractivity contribution in [1.29, 1.82) is 0 Å². The molecule has 3 nitrogen and oxygen atoms in total. The highest BCUT2D eigenvalue weighted by molar-refractivity contribution is 9.09. The number of nitro groups is 1. The molecule has 0 atom stereocenters. The van der Waals surface area contributed by atoms with E-state index in [1.165, 1.54) is 15.9 Å². The van der Waals surface area contributed by atoms with E-state index < -0.39 is 9.88 Å². The Balaban J connectivity index is 3.79. The fourth-order valence-corrected chi connectivity index (χ4v) is 0. The highest BCUT2D eigenvalue weighted by Crippen LogP contribution is 2.20. The van der Waals surface area contributed by atoms with Crippen LogP contribution in [0.1, 0.15) is 0 Å². The molecule has 0 amide bonds. The molecule has 0 radical (unpaired) electrons. The van der Waals surface area contributed by atoms with Crippen molar-refractivity contribution in [1.82, 2.24) is 0 Å². The van der Waals surface area contributed by atoms with Crippen molar-refractivity contribution in [2.24, 2.45) is 0 Å². The first-order valence-electron chi connectivity index (χ1n) is 1.16. The van der Waals surface area contributed by atoms with E-state index in [1.54, 1.807) is 0 Å². The summed E-state index contributed by atoms with van der Waals surface area (Å²) < 4.78 is 22.1. The fourth-order valence-electron chi connectivity index (χ4n) is 0. The summed E-state index contributed by atoms with van der Waals surface area (Å²) in [5.41, 5.74) is 0. The lowest BCUT2D eigenvalue weighted by Crippen LogP contribution is -2.17. The van der Waals surface area contributed by atoms with E-state index >= 15 is 0 Å². The van der Waals surface area contributed by atoms with E-state index in [4.69, 9.17) is 10.1 Å². The average Bonchev–Trinajstić information content (AvgIpc) is 1.31. The minimum absolute atomic E-state index is 1.51. The summed E-state index contributed by atoms with van der Waals surface area (Å²) in [5, 5.41) is 9.03. The summed E-state index contributed by atoms with van der Waals surface area (Å²) >= 11 is 1.51. The van der Waals surface area contributed by atoms with Gasteiger partial charge in [0.15, 0.2) is 0 Å². The number of nitrogens with zero attached hydrogens (tertiary/aromatic N) is 1. The van der Waals surface area contributed by atoms with Gasteiger partial charge >= 0.3 is 4.96 Å². The second-order valence-corrected chi connectivity index (χ2v) is 1.68. The van der Waals surface area contributed by atoms with Crippen LogP contribution in [0.5, 0.6) is 0 Å². The van der Waals surface area contributed by atoms with E-state index in [0.717, 1.165) is 0 Å². The largest absolute Gasteiger partial charge is 0.570 e. The van der Waals surface area contributed by atoms with Crippen LogP contribution < -0.4 is 0 Å². The van der Waals surface area contributed by atoms with Crippen LogP contribution in [0.3, 0.4) is 0 Å². The molecule has 42 valence electrons. The summed E-state index contributed by atoms with van der Waals surface area (Å²) in [6, 6.07) is 0. The molecule has 7 heavy (non-hydrogen) atoms. The lowest BCUT2D eigenvalue weighted by molar-refractivity contribution is -0.602. The lowest BCUT2D eigenvalue weighted by atomic mass is 11.3. The molecule has 0 fully saturated rings. The van der Waals surface area contributed by atoms with E-state index in [0.29, 0.717) is 0 Å². The molecule has 0 rings (SSSR count). The fraction of sp³-hybridized carbons (Fsp3) is 1.00. The third-order valence-electron chi connectivity index (χ3n) is 0.207. The number of halogens is 3. The number of alkyl halides is 3. The van der Waals surface area contributed by atoms with Crippen molar-refractivity contribution in [3.05, 3.63) is 10.1 Å². The maximum absolute atomic E-state index is 11.1. The van der Waals surface area contributed by atoms with Gasteiger partial charge in [0.1, 0.15) is 4.92 Å². The van der Waals surface area contributed by atoms with Gasteiger partial charge in [-0.1, -0.05) is 0 Å². The molecule has 0 saturated heterocycles. The van der Waals surface area contributed by atoms with Gasteiger partial charge in [-0.3, -0.25) is 10.1 Å². The predicted molar refractivity (Wildman–Crippen MR) is 20.9 cm³/mol. The Morgan fingerprint density at radius 2 is 1.86 bits per heavy atom. The Kier molecular flexibility index (Phi) is 1.63. The van der Waals surface area contributed by atoms with Crippen molar-refractivity contribution in [2.75, 3.05) is 0 Å². The molecule has 0 heterocycles. The van der Waals surface area contributed by atoms with Gasteiger partial charge in [0, 0.05) is 0 Å². The Bertz CT molecular complexity index is 88.2. The van der Waals surface area contributed by atoms with Crippen molar-refractivity contribution >= 4 is 15.9 Å². The van der Waals surface area contributed by atoms with Gasteiger partial charge in [0.25, 0.3) is 0 Å². The topological polar surface area (TPSA) is 43.1 Å². The summed E-state index contributed by atoms with van der Waals surface area (Å²) in [7, 11) is 0. The van der Waals surface area contributed by atoms with E-state index in [1.807, 2.05) is 0 Å².